The number of nitrogens with one attached hydrogen (secondary N) is 17. The molecule has 18 atom stereocenters. The zero-order valence-corrected chi connectivity index (χ0v) is 71.6. The molecule has 0 unspecified atom stereocenters. The fraction of sp³-hybridized carbons (Fsp3) is 0.537. The van der Waals surface area contributed by atoms with E-state index in [1.165, 1.54) is 93.6 Å². The van der Waals surface area contributed by atoms with E-state index in [-0.39, 0.29) is 72.7 Å². The van der Waals surface area contributed by atoms with Crippen molar-refractivity contribution in [1.82, 2.24) is 90.0 Å². The topological polar surface area (TPSA) is 781 Å². The minimum Gasteiger partial charge on any atom is -0.508 e. The number of carboxylic acid groups (broad SMARTS) is 2. The summed E-state index contributed by atoms with van der Waals surface area (Å²) in [5, 5.41) is 147. The predicted octanol–water partition coefficient (Wildman–Crippen LogP) is -10.0. The Labute approximate surface area is 734 Å². The Morgan fingerprint density at radius 2 is 0.812 bits per heavy atom. The SMILES string of the molecule is CC[C@H](C)[C@H](NC(=O)[C@@H](N)[C@@H](C)O)C(=O)N[C@H](C(=O)NCC(=O)NCC(=O)NCC(=O)N[C@H](C(=O)N[C@@H](Cc1ccc(O)cc1)C(=O)N[C@H](C(=O)N[C@@H](Cc1ccc(O)cc1)C(=O)N[C@@H](Cc1ccc(O)cc1)C(=O)N1CCC[C@H]1C(=O)N[C@@H](CC(=O)O)C(=O)N[C@@H](CO)C(=O)N[C@H](C(=O)N[C@@H](CCCNC(=N)N)C(=O)NCC(=O)O)C(C)C)[C@@H](C)O)[C@@H](C)O)[C@@H](C)O. The second-order valence-corrected chi connectivity index (χ2v) is 30.9. The van der Waals surface area contributed by atoms with Crippen molar-refractivity contribution in [3.8, 4) is 17.2 Å². The van der Waals surface area contributed by atoms with E-state index in [2.05, 4.69) is 85.1 Å². The normalized spacial score (nSPS) is 16.3. The zero-order chi connectivity index (χ0) is 96.1. The summed E-state index contributed by atoms with van der Waals surface area (Å²) in [5.74, 6) is -23.1. The van der Waals surface area contributed by atoms with Gasteiger partial charge in [-0.25, -0.2) is 0 Å². The highest BCUT2D eigenvalue weighted by molar-refractivity contribution is 6.01. The third-order valence-corrected chi connectivity index (χ3v) is 20.1. The Bertz CT molecular complexity index is 4370. The lowest BCUT2D eigenvalue weighted by Gasteiger charge is -2.31. The van der Waals surface area contributed by atoms with E-state index < -0.39 is 286 Å². The molecular weight excluding hydrogens is 1690 g/mol. The molecule has 1 saturated heterocycles. The number of amides is 16. The summed E-state index contributed by atoms with van der Waals surface area (Å²) in [6.07, 6.45) is -8.78. The third kappa shape index (κ3) is 35.9. The van der Waals surface area contributed by atoms with Crippen LogP contribution in [0.25, 0.3) is 0 Å². The minimum absolute atomic E-state index is 0.0550. The fourth-order valence-corrected chi connectivity index (χ4v) is 12.6. The summed E-state index contributed by atoms with van der Waals surface area (Å²) < 4.78 is 0. The number of nitrogens with two attached hydrogens (primary N) is 2. The van der Waals surface area contributed by atoms with Crippen molar-refractivity contribution in [3.63, 3.8) is 0 Å². The van der Waals surface area contributed by atoms with Gasteiger partial charge in [0.15, 0.2) is 5.96 Å². The third-order valence-electron chi connectivity index (χ3n) is 20.1. The summed E-state index contributed by atoms with van der Waals surface area (Å²) in [5.41, 5.74) is 11.8. The zero-order valence-electron chi connectivity index (χ0n) is 71.6. The molecule has 1 fully saturated rings. The number of benzene rings is 3. The van der Waals surface area contributed by atoms with Crippen molar-refractivity contribution in [2.45, 2.75) is 216 Å². The second kappa shape index (κ2) is 52.5. The van der Waals surface area contributed by atoms with Crippen LogP contribution in [-0.2, 0) is 106 Å². The van der Waals surface area contributed by atoms with Gasteiger partial charge >= 0.3 is 11.9 Å². The van der Waals surface area contributed by atoms with E-state index in [1.54, 1.807) is 13.8 Å². The fourth-order valence-electron chi connectivity index (χ4n) is 12.6. The van der Waals surface area contributed by atoms with Gasteiger partial charge in [-0.2, -0.15) is 0 Å². The number of aromatic hydroxyl groups is 3. The molecule has 3 aromatic carbocycles. The van der Waals surface area contributed by atoms with Crippen LogP contribution in [0.1, 0.15) is 111 Å². The molecule has 16 amide bonds. The van der Waals surface area contributed by atoms with E-state index in [0.717, 1.165) is 25.7 Å². The van der Waals surface area contributed by atoms with Gasteiger partial charge in [-0.05, 0) is 118 Å². The molecule has 0 radical (unpaired) electrons. The number of carboxylic acids is 2. The Morgan fingerprint density at radius 1 is 0.422 bits per heavy atom. The first-order valence-corrected chi connectivity index (χ1v) is 40.8. The molecule has 0 spiro atoms. The van der Waals surface area contributed by atoms with Gasteiger partial charge in [-0.15, -0.1) is 0 Å². The van der Waals surface area contributed by atoms with Crippen LogP contribution in [0.4, 0.5) is 0 Å². The molecule has 1 aliphatic heterocycles. The molecule has 0 aliphatic carbocycles. The van der Waals surface area contributed by atoms with Crippen LogP contribution in [0, 0.1) is 17.2 Å². The number of likely N-dealkylation sites (tertiary alicyclic amines) is 1. The summed E-state index contributed by atoms with van der Waals surface area (Å²) in [6, 6.07) is -6.66. The standard InChI is InChI=1S/C80H118N20O28/c1-9-38(4)63(97-73(122)61(81)39(5)102)76(125)99-64(40(6)103)74(123)87-33-57(110)85-32-56(109)86-34-58(111)95-65(41(7)104)77(126)92-51(29-44-16-22-47(107)23-17-44)70(119)98-66(42(8)105)78(127)91-50(28-43-14-20-46(106)21-15-43)68(117)93-53(30-45-18-24-48(108)25-19-45)79(128)100-27-11-13-55(100)72(121)90-52(31-59(112)113)69(118)94-54(36-101)71(120)96-62(37(2)3)75(124)89-49(12-10-26-84-80(82)83)67(116)88-35-60(114)115/h14-25,37-42,49-55,61-66,101-108H,9-13,26-36,81H2,1-8H3,(H,85,110)(H,86,109)(H,87,123)(H,88,116)(H,89,124)(H,90,121)(H,91,127)(H,92,126)(H,93,117)(H,94,118)(H,95,111)(H,96,120)(H,97,122)(H,98,119)(H,99,125)(H,112,113)(H,114,115)(H4,82,83,84)/t38-,39+,40+,41+,42+,49-,50-,51-,52-,53-,54-,55-,61-,62-,63-,64-,65-,66-/m0/s1. The number of aliphatic hydroxyl groups excluding tert-OH is 5. The maximum Gasteiger partial charge on any atom is 0.322 e. The molecular formula is C80H118N20O28. The molecule has 3 aromatic rings. The van der Waals surface area contributed by atoms with Crippen LogP contribution in [-0.4, -0.2) is 317 Å². The number of phenols is 3. The van der Waals surface area contributed by atoms with Crippen molar-refractivity contribution in [2.24, 2.45) is 23.3 Å². The molecule has 31 N–H and O–H groups in total. The van der Waals surface area contributed by atoms with Crippen LogP contribution in [0.5, 0.6) is 17.2 Å². The van der Waals surface area contributed by atoms with Gasteiger partial charge in [0.2, 0.25) is 94.5 Å². The summed E-state index contributed by atoms with van der Waals surface area (Å²) in [6.45, 7) is 6.04. The molecule has 1 heterocycles. The highest BCUT2D eigenvalue weighted by atomic mass is 16.4. The molecule has 0 saturated carbocycles. The maximum absolute atomic E-state index is 15.2. The van der Waals surface area contributed by atoms with Gasteiger partial charge in [0, 0.05) is 32.4 Å². The van der Waals surface area contributed by atoms with Crippen LogP contribution in [0.2, 0.25) is 0 Å². The van der Waals surface area contributed by atoms with Crippen molar-refractivity contribution < 1.29 is 137 Å². The smallest absolute Gasteiger partial charge is 0.322 e. The Morgan fingerprint density at radius 3 is 1.27 bits per heavy atom. The van der Waals surface area contributed by atoms with E-state index in [9.17, 15) is 123 Å². The Kier molecular flexibility index (Phi) is 43.8. The lowest BCUT2D eigenvalue weighted by atomic mass is 9.97. The molecule has 706 valence electrons. The highest BCUT2D eigenvalue weighted by Crippen LogP contribution is 2.23. The van der Waals surface area contributed by atoms with Crippen molar-refractivity contribution in [1.29, 1.82) is 5.41 Å². The van der Waals surface area contributed by atoms with Crippen LogP contribution in [0.15, 0.2) is 72.8 Å². The highest BCUT2D eigenvalue weighted by Gasteiger charge is 2.43. The first-order chi connectivity index (χ1) is 60.1. The number of hydrogen-bond acceptors (Lipinski definition) is 28. The Hall–Kier alpha value is -13.4. The quantitative estimate of drug-likeness (QED) is 0.0142. The first-order valence-electron chi connectivity index (χ1n) is 40.8. The number of carbonyl (C=O) groups is 18. The van der Waals surface area contributed by atoms with Crippen LogP contribution < -0.4 is 96.5 Å². The monoisotopic (exact) mass is 1810 g/mol. The predicted molar refractivity (Wildman–Crippen MR) is 449 cm³/mol. The van der Waals surface area contributed by atoms with Crippen molar-refractivity contribution in [2.75, 3.05) is 45.9 Å². The largest absolute Gasteiger partial charge is 0.508 e. The number of aliphatic hydroxyl groups is 5. The molecule has 1 aliphatic rings. The average Bonchev–Trinajstić information content (AvgIpc) is 1.64. The van der Waals surface area contributed by atoms with Crippen LogP contribution >= 0.6 is 0 Å². The van der Waals surface area contributed by atoms with E-state index in [4.69, 9.17) is 22.0 Å². The summed E-state index contributed by atoms with van der Waals surface area (Å²) in [4.78, 5) is 246. The van der Waals surface area contributed by atoms with Gasteiger partial charge in [-0.3, -0.25) is 91.7 Å². The molecule has 0 bridgehead atoms. The number of rotatable bonds is 52. The maximum atomic E-state index is 15.2. The molecule has 48 nitrogen and oxygen atoms in total. The molecule has 0 aromatic heterocycles. The second-order valence-electron chi connectivity index (χ2n) is 30.9. The van der Waals surface area contributed by atoms with Crippen LogP contribution in [0.3, 0.4) is 0 Å². The van der Waals surface area contributed by atoms with E-state index >= 15 is 9.59 Å². The Balaban J connectivity index is 1.55. The number of carbonyl (C=O) groups excluding carboxylic acids is 16. The van der Waals surface area contributed by atoms with Crippen molar-refractivity contribution >= 4 is 112 Å². The van der Waals surface area contributed by atoms with Gasteiger partial charge < -0.3 is 153 Å². The van der Waals surface area contributed by atoms with E-state index in [0.29, 0.717) is 6.42 Å². The lowest BCUT2D eigenvalue weighted by Crippen LogP contribution is -2.63. The molecule has 4 rings (SSSR count). The number of guanidine groups is 1. The van der Waals surface area contributed by atoms with Gasteiger partial charge in [0.25, 0.3) is 0 Å². The number of phenolic OH excluding ortho intramolecular Hbond substituents is 3. The number of aliphatic carboxylic acids is 2. The molecule has 128 heavy (non-hydrogen) atoms. The summed E-state index contributed by atoms with van der Waals surface area (Å²) in [7, 11) is 0. The van der Waals surface area contributed by atoms with Crippen molar-refractivity contribution in [3.05, 3.63) is 89.5 Å². The number of hydrogen-bond donors (Lipinski definition) is 29. The average molecular weight is 1810 g/mol. The van der Waals surface area contributed by atoms with Gasteiger partial charge in [0.1, 0.15) is 102 Å². The lowest BCUT2D eigenvalue weighted by molar-refractivity contribution is -0.144. The molecule has 48 heteroatoms. The first kappa shape index (κ1) is 107. The number of nitrogens with zero attached hydrogens (tertiary/aromatic N) is 1. The summed E-state index contributed by atoms with van der Waals surface area (Å²) >= 11 is 0. The minimum atomic E-state index is -2.06. The van der Waals surface area contributed by atoms with Gasteiger partial charge in [-0.1, -0.05) is 70.5 Å². The van der Waals surface area contributed by atoms with Gasteiger partial charge in [0.05, 0.1) is 57.1 Å². The van der Waals surface area contributed by atoms with E-state index in [1.807, 2.05) is 0 Å².